The fraction of sp³-hybridized carbons (Fsp3) is 0.857. The Kier molecular flexibility index (Phi) is 7.37. The summed E-state index contributed by atoms with van der Waals surface area (Å²) in [5, 5.41) is 8.88. The molecule has 0 aliphatic heterocycles. The Morgan fingerprint density at radius 2 is 1.83 bits per heavy atom. The number of carbonyl (C=O) groups is 1. The molecular weight excluding hydrogens is 182 g/mol. The van der Waals surface area contributed by atoms with E-state index in [2.05, 4.69) is 0 Å². The van der Waals surface area contributed by atoms with Crippen LogP contribution in [0.1, 0.15) is 20.8 Å². The van der Waals surface area contributed by atoms with Crippen LogP contribution >= 0.6 is 12.4 Å². The van der Waals surface area contributed by atoms with Crippen LogP contribution < -0.4 is 5.73 Å². The van der Waals surface area contributed by atoms with Crippen LogP contribution in [0.25, 0.3) is 0 Å². The maximum Gasteiger partial charge on any atom is 0.325 e. The first-order chi connectivity index (χ1) is 4.95. The number of nitrogens with two attached hydrogens (primary N) is 1. The number of hydrogen-bond acceptors (Lipinski definition) is 4. The normalized spacial score (nSPS) is 14.8. The second-order valence-electron chi connectivity index (χ2n) is 2.75. The molecule has 3 N–H and O–H groups in total. The predicted octanol–water partition coefficient (Wildman–Crippen LogP) is 0.0679. The van der Waals surface area contributed by atoms with Gasteiger partial charge in [0.2, 0.25) is 0 Å². The molecule has 0 bridgehead atoms. The van der Waals surface area contributed by atoms with Gasteiger partial charge in [0.15, 0.2) is 0 Å². The Hall–Kier alpha value is -0.320. The van der Waals surface area contributed by atoms with Gasteiger partial charge in [-0.15, -0.1) is 12.4 Å². The summed E-state index contributed by atoms with van der Waals surface area (Å²) in [5.41, 5.74) is 5.28. The lowest BCUT2D eigenvalue weighted by Crippen LogP contribution is -2.42. The molecule has 0 fully saturated rings. The quantitative estimate of drug-likeness (QED) is 0.628. The lowest BCUT2D eigenvalue weighted by atomic mass is 10.2. The molecule has 0 spiro atoms. The SMILES string of the molecule is CC(C)OC(=O)[C@@H](N)[C@@H](C)O.Cl. The molecule has 0 aliphatic carbocycles. The summed E-state index contributed by atoms with van der Waals surface area (Å²) >= 11 is 0. The average Bonchev–Trinajstić information content (AvgIpc) is 1.84. The van der Waals surface area contributed by atoms with Gasteiger partial charge in [-0.3, -0.25) is 4.79 Å². The van der Waals surface area contributed by atoms with E-state index in [4.69, 9.17) is 15.6 Å². The van der Waals surface area contributed by atoms with Crippen molar-refractivity contribution in [2.24, 2.45) is 5.73 Å². The largest absolute Gasteiger partial charge is 0.462 e. The molecule has 0 aliphatic rings. The molecule has 0 saturated heterocycles. The highest BCUT2D eigenvalue weighted by atomic mass is 35.5. The molecule has 0 amide bonds. The van der Waals surface area contributed by atoms with Gasteiger partial charge in [0.1, 0.15) is 6.04 Å². The average molecular weight is 198 g/mol. The number of aliphatic hydroxyl groups is 1. The Bertz CT molecular complexity index is 139. The number of aliphatic hydroxyl groups excluding tert-OH is 1. The van der Waals surface area contributed by atoms with Gasteiger partial charge >= 0.3 is 5.97 Å². The van der Waals surface area contributed by atoms with Gasteiger partial charge in [-0.1, -0.05) is 0 Å². The fourth-order valence-corrected chi connectivity index (χ4v) is 0.508. The number of ether oxygens (including phenoxy) is 1. The number of rotatable bonds is 3. The molecule has 4 nitrogen and oxygen atoms in total. The van der Waals surface area contributed by atoms with E-state index in [1.165, 1.54) is 6.92 Å². The zero-order valence-electron chi connectivity index (χ0n) is 7.48. The highest BCUT2D eigenvalue weighted by Crippen LogP contribution is 1.96. The standard InChI is InChI=1S/C7H15NO3.ClH/c1-4(2)11-7(10)6(8)5(3)9;/h4-6,9H,8H2,1-3H3;1H/t5-,6+;/m1./s1. The molecule has 74 valence electrons. The van der Waals surface area contributed by atoms with Crippen molar-refractivity contribution >= 4 is 18.4 Å². The summed E-state index contributed by atoms with van der Waals surface area (Å²) in [6.45, 7) is 4.91. The Morgan fingerprint density at radius 1 is 1.42 bits per heavy atom. The molecule has 5 heteroatoms. The van der Waals surface area contributed by atoms with Gasteiger partial charge in [0, 0.05) is 0 Å². The molecule has 0 heterocycles. The van der Waals surface area contributed by atoms with Crippen molar-refractivity contribution in [1.82, 2.24) is 0 Å². The van der Waals surface area contributed by atoms with Gasteiger partial charge in [0.05, 0.1) is 12.2 Å². The molecule has 0 rings (SSSR count). The third-order valence-corrected chi connectivity index (χ3v) is 1.14. The van der Waals surface area contributed by atoms with Crippen molar-refractivity contribution in [2.75, 3.05) is 0 Å². The van der Waals surface area contributed by atoms with Crippen LogP contribution in [0.15, 0.2) is 0 Å². The monoisotopic (exact) mass is 197 g/mol. The van der Waals surface area contributed by atoms with Crippen molar-refractivity contribution in [2.45, 2.75) is 39.0 Å². The molecule has 2 atom stereocenters. The van der Waals surface area contributed by atoms with Gasteiger partial charge in [0.25, 0.3) is 0 Å². The van der Waals surface area contributed by atoms with Crippen molar-refractivity contribution in [3.05, 3.63) is 0 Å². The second kappa shape index (κ2) is 6.22. The van der Waals surface area contributed by atoms with E-state index >= 15 is 0 Å². The van der Waals surface area contributed by atoms with Crippen LogP contribution in [0.3, 0.4) is 0 Å². The van der Waals surface area contributed by atoms with Gasteiger partial charge in [-0.05, 0) is 20.8 Å². The highest BCUT2D eigenvalue weighted by molar-refractivity contribution is 5.85. The molecule has 0 aromatic rings. The summed E-state index contributed by atoms with van der Waals surface area (Å²) in [6, 6.07) is -0.933. The van der Waals surface area contributed by atoms with Crippen molar-refractivity contribution in [3.8, 4) is 0 Å². The number of halogens is 1. The van der Waals surface area contributed by atoms with Crippen LogP contribution in [0.2, 0.25) is 0 Å². The van der Waals surface area contributed by atoms with Gasteiger partial charge in [-0.25, -0.2) is 0 Å². The third-order valence-electron chi connectivity index (χ3n) is 1.14. The van der Waals surface area contributed by atoms with Crippen molar-refractivity contribution in [1.29, 1.82) is 0 Å². The molecule has 12 heavy (non-hydrogen) atoms. The van der Waals surface area contributed by atoms with Crippen LogP contribution in [-0.2, 0) is 9.53 Å². The van der Waals surface area contributed by atoms with Crippen molar-refractivity contribution in [3.63, 3.8) is 0 Å². The highest BCUT2D eigenvalue weighted by Gasteiger charge is 2.20. The Morgan fingerprint density at radius 3 is 2.08 bits per heavy atom. The Labute approximate surface area is 78.5 Å². The first-order valence-electron chi connectivity index (χ1n) is 3.59. The van der Waals surface area contributed by atoms with E-state index in [0.717, 1.165) is 0 Å². The van der Waals surface area contributed by atoms with E-state index in [-0.39, 0.29) is 18.5 Å². The van der Waals surface area contributed by atoms with Crippen LogP contribution in [0.5, 0.6) is 0 Å². The minimum absolute atomic E-state index is 0. The minimum atomic E-state index is -0.933. The second-order valence-corrected chi connectivity index (χ2v) is 2.75. The topological polar surface area (TPSA) is 72.5 Å². The Balaban J connectivity index is 0. The maximum atomic E-state index is 10.9. The smallest absolute Gasteiger partial charge is 0.325 e. The van der Waals surface area contributed by atoms with Crippen LogP contribution in [-0.4, -0.2) is 29.3 Å². The van der Waals surface area contributed by atoms with E-state index in [0.29, 0.717) is 0 Å². The fourth-order valence-electron chi connectivity index (χ4n) is 0.508. The van der Waals surface area contributed by atoms with Crippen molar-refractivity contribution < 1.29 is 14.6 Å². The summed E-state index contributed by atoms with van der Waals surface area (Å²) < 4.78 is 4.75. The maximum absolute atomic E-state index is 10.9. The predicted molar refractivity (Wildman–Crippen MR) is 48.1 cm³/mol. The summed E-state index contributed by atoms with van der Waals surface area (Å²) in [7, 11) is 0. The molecule has 0 aromatic heterocycles. The third kappa shape index (κ3) is 5.35. The molecule has 0 aromatic carbocycles. The van der Waals surface area contributed by atoms with Gasteiger partial charge in [-0.2, -0.15) is 0 Å². The first kappa shape index (κ1) is 14.2. The summed E-state index contributed by atoms with van der Waals surface area (Å²) in [4.78, 5) is 10.9. The van der Waals surface area contributed by atoms with E-state index < -0.39 is 18.1 Å². The lowest BCUT2D eigenvalue weighted by Gasteiger charge is -2.15. The summed E-state index contributed by atoms with van der Waals surface area (Å²) in [6.07, 6.45) is -1.05. The van der Waals surface area contributed by atoms with E-state index in [1.54, 1.807) is 13.8 Å². The minimum Gasteiger partial charge on any atom is -0.462 e. The van der Waals surface area contributed by atoms with E-state index in [1.807, 2.05) is 0 Å². The molecule has 0 radical (unpaired) electrons. The van der Waals surface area contributed by atoms with E-state index in [9.17, 15) is 4.79 Å². The number of esters is 1. The molecular formula is C7H16ClNO3. The zero-order chi connectivity index (χ0) is 9.02. The molecule has 0 saturated carbocycles. The van der Waals surface area contributed by atoms with Crippen LogP contribution in [0, 0.1) is 0 Å². The molecule has 0 unspecified atom stereocenters. The number of hydrogen-bond donors (Lipinski definition) is 2. The lowest BCUT2D eigenvalue weighted by molar-refractivity contribution is -0.151. The summed E-state index contributed by atoms with van der Waals surface area (Å²) in [5.74, 6) is -0.560. The van der Waals surface area contributed by atoms with Gasteiger partial charge < -0.3 is 15.6 Å². The van der Waals surface area contributed by atoms with Crippen LogP contribution in [0.4, 0.5) is 0 Å². The number of carbonyl (C=O) groups excluding carboxylic acids is 1. The first-order valence-corrected chi connectivity index (χ1v) is 3.59. The zero-order valence-corrected chi connectivity index (χ0v) is 8.30.